The standard InChI is InChI=1S/C24H29F5N4/c1-14-12-33(13-14)23-20(24(27,28)29)8-16(10-31-23)3-5-19-9-18(7-15(2)32-19)17-4-6-21(22(25)26)30-11-17/h4,6,8,10-11,14-15,18-19,22,32H,3,5,7,9,12-13H2,1-2H3. The summed E-state index contributed by atoms with van der Waals surface area (Å²) in [5.41, 5.74) is 0.590. The van der Waals surface area contributed by atoms with Crippen LogP contribution in [-0.2, 0) is 12.6 Å². The molecule has 4 nitrogen and oxygen atoms in total. The maximum Gasteiger partial charge on any atom is 0.419 e. The molecule has 2 aromatic heterocycles. The number of anilines is 1. The van der Waals surface area contributed by atoms with Crippen molar-refractivity contribution in [3.63, 3.8) is 0 Å². The number of aryl methyl sites for hydroxylation is 1. The maximum atomic E-state index is 13.7. The van der Waals surface area contributed by atoms with Crippen LogP contribution < -0.4 is 10.2 Å². The summed E-state index contributed by atoms with van der Waals surface area (Å²) in [5.74, 6) is 0.570. The summed E-state index contributed by atoms with van der Waals surface area (Å²) < 4.78 is 66.6. The van der Waals surface area contributed by atoms with E-state index >= 15 is 0 Å². The molecule has 2 fully saturated rings. The van der Waals surface area contributed by atoms with Crippen LogP contribution in [0, 0.1) is 5.92 Å². The molecule has 0 bridgehead atoms. The summed E-state index contributed by atoms with van der Waals surface area (Å²) in [4.78, 5) is 9.74. The van der Waals surface area contributed by atoms with Crippen LogP contribution in [0.2, 0.25) is 0 Å². The number of rotatable bonds is 6. The molecule has 0 saturated carbocycles. The van der Waals surface area contributed by atoms with E-state index in [1.807, 2.05) is 6.92 Å². The van der Waals surface area contributed by atoms with Gasteiger partial charge in [0.05, 0.1) is 5.56 Å². The molecule has 0 radical (unpaired) electrons. The lowest BCUT2D eigenvalue weighted by molar-refractivity contribution is -0.137. The molecule has 0 spiro atoms. The first-order valence-electron chi connectivity index (χ1n) is 11.4. The fraction of sp³-hybridized carbons (Fsp3) is 0.583. The zero-order valence-electron chi connectivity index (χ0n) is 18.7. The molecule has 2 saturated heterocycles. The maximum absolute atomic E-state index is 13.7. The second kappa shape index (κ2) is 9.52. The molecule has 33 heavy (non-hydrogen) atoms. The minimum Gasteiger partial charge on any atom is -0.355 e. The number of halogens is 5. The van der Waals surface area contributed by atoms with Gasteiger partial charge in [0.15, 0.2) is 0 Å². The lowest BCUT2D eigenvalue weighted by Crippen LogP contribution is -2.46. The van der Waals surface area contributed by atoms with Gasteiger partial charge in [-0.15, -0.1) is 0 Å². The Hall–Kier alpha value is -2.29. The first-order chi connectivity index (χ1) is 15.6. The number of nitrogens with one attached hydrogen (secondary N) is 1. The van der Waals surface area contributed by atoms with E-state index in [0.29, 0.717) is 37.4 Å². The topological polar surface area (TPSA) is 41.1 Å². The molecule has 2 aliphatic rings. The predicted molar refractivity (Wildman–Crippen MR) is 116 cm³/mol. The van der Waals surface area contributed by atoms with Crippen molar-refractivity contribution in [2.45, 2.75) is 70.1 Å². The molecule has 9 heteroatoms. The van der Waals surface area contributed by atoms with Crippen molar-refractivity contribution in [2.24, 2.45) is 5.92 Å². The molecule has 0 amide bonds. The Balaban J connectivity index is 1.42. The Morgan fingerprint density at radius 1 is 1.09 bits per heavy atom. The third-order valence-electron chi connectivity index (χ3n) is 6.61. The fourth-order valence-electron chi connectivity index (χ4n) is 4.98. The largest absolute Gasteiger partial charge is 0.419 e. The van der Waals surface area contributed by atoms with Gasteiger partial charge in [-0.3, -0.25) is 4.98 Å². The van der Waals surface area contributed by atoms with Gasteiger partial charge < -0.3 is 10.2 Å². The molecule has 2 aromatic rings. The summed E-state index contributed by atoms with van der Waals surface area (Å²) in [6.07, 6.45) is -1.17. The van der Waals surface area contributed by atoms with Crippen molar-refractivity contribution in [1.82, 2.24) is 15.3 Å². The SMILES string of the molecule is CC1CN(c2ncc(CCC3CC(c4ccc(C(F)F)nc4)CC(C)N3)cc2C(F)(F)F)C1. The normalized spacial score (nSPS) is 24.2. The molecule has 2 aliphatic heterocycles. The number of aromatic nitrogens is 2. The highest BCUT2D eigenvalue weighted by molar-refractivity contribution is 5.51. The van der Waals surface area contributed by atoms with Gasteiger partial charge in [0, 0.05) is 37.6 Å². The van der Waals surface area contributed by atoms with Crippen molar-refractivity contribution in [3.8, 4) is 0 Å². The van der Waals surface area contributed by atoms with Crippen LogP contribution >= 0.6 is 0 Å². The number of hydrogen-bond acceptors (Lipinski definition) is 4. The molecule has 3 atom stereocenters. The van der Waals surface area contributed by atoms with Crippen LogP contribution in [0.25, 0.3) is 0 Å². The van der Waals surface area contributed by atoms with Gasteiger partial charge in [0.25, 0.3) is 6.43 Å². The molecular weight excluding hydrogens is 439 g/mol. The van der Waals surface area contributed by atoms with E-state index in [0.717, 1.165) is 18.4 Å². The van der Waals surface area contributed by atoms with E-state index in [1.54, 1.807) is 17.2 Å². The first-order valence-corrected chi connectivity index (χ1v) is 11.4. The van der Waals surface area contributed by atoms with Crippen LogP contribution in [0.15, 0.2) is 30.6 Å². The first kappa shape index (κ1) is 23.9. The smallest absolute Gasteiger partial charge is 0.355 e. The minimum absolute atomic E-state index is 0.0218. The molecule has 1 N–H and O–H groups in total. The van der Waals surface area contributed by atoms with Gasteiger partial charge in [-0.05, 0) is 67.7 Å². The van der Waals surface area contributed by atoms with Gasteiger partial charge in [-0.25, -0.2) is 13.8 Å². The van der Waals surface area contributed by atoms with E-state index in [9.17, 15) is 22.0 Å². The lowest BCUT2D eigenvalue weighted by atomic mass is 9.82. The molecule has 4 heterocycles. The monoisotopic (exact) mass is 468 g/mol. The summed E-state index contributed by atoms with van der Waals surface area (Å²) in [6.45, 7) is 5.25. The van der Waals surface area contributed by atoms with Crippen molar-refractivity contribution in [3.05, 3.63) is 53.0 Å². The van der Waals surface area contributed by atoms with E-state index in [4.69, 9.17) is 0 Å². The zero-order chi connectivity index (χ0) is 23.8. The highest BCUT2D eigenvalue weighted by atomic mass is 19.4. The highest BCUT2D eigenvalue weighted by Crippen LogP contribution is 2.38. The summed E-state index contributed by atoms with van der Waals surface area (Å²) in [5, 5.41) is 3.52. The van der Waals surface area contributed by atoms with Gasteiger partial charge in [0.2, 0.25) is 0 Å². The van der Waals surface area contributed by atoms with Crippen LogP contribution in [0.1, 0.15) is 67.8 Å². The Bertz CT molecular complexity index is 941. The number of piperidine rings is 1. The van der Waals surface area contributed by atoms with Crippen molar-refractivity contribution >= 4 is 5.82 Å². The van der Waals surface area contributed by atoms with Crippen LogP contribution in [0.4, 0.5) is 27.8 Å². The molecule has 4 rings (SSSR count). The van der Waals surface area contributed by atoms with Crippen LogP contribution in [-0.4, -0.2) is 35.1 Å². The number of nitrogens with zero attached hydrogens (tertiary/aromatic N) is 3. The predicted octanol–water partition coefficient (Wildman–Crippen LogP) is 5.75. The third kappa shape index (κ3) is 5.62. The summed E-state index contributed by atoms with van der Waals surface area (Å²) >= 11 is 0. The molecular formula is C24H29F5N4. The second-order valence-corrected chi connectivity index (χ2v) is 9.51. The Morgan fingerprint density at radius 3 is 2.45 bits per heavy atom. The zero-order valence-corrected chi connectivity index (χ0v) is 18.7. The van der Waals surface area contributed by atoms with Crippen molar-refractivity contribution in [2.75, 3.05) is 18.0 Å². The van der Waals surface area contributed by atoms with Gasteiger partial charge in [-0.2, -0.15) is 13.2 Å². The highest BCUT2D eigenvalue weighted by Gasteiger charge is 2.38. The van der Waals surface area contributed by atoms with Gasteiger partial charge in [0.1, 0.15) is 11.5 Å². The van der Waals surface area contributed by atoms with Crippen LogP contribution in [0.5, 0.6) is 0 Å². The minimum atomic E-state index is -4.45. The number of alkyl halides is 5. The summed E-state index contributed by atoms with van der Waals surface area (Å²) in [7, 11) is 0. The fourth-order valence-corrected chi connectivity index (χ4v) is 4.98. The quantitative estimate of drug-likeness (QED) is 0.549. The van der Waals surface area contributed by atoms with E-state index < -0.39 is 18.2 Å². The number of pyridine rings is 2. The van der Waals surface area contributed by atoms with Gasteiger partial charge in [-0.1, -0.05) is 13.0 Å². The third-order valence-corrected chi connectivity index (χ3v) is 6.61. The summed E-state index contributed by atoms with van der Waals surface area (Å²) in [6, 6.07) is 4.64. The average Bonchev–Trinajstić information content (AvgIpc) is 2.74. The average molecular weight is 469 g/mol. The van der Waals surface area contributed by atoms with E-state index in [1.165, 1.54) is 18.3 Å². The Labute approximate surface area is 190 Å². The lowest BCUT2D eigenvalue weighted by Gasteiger charge is -2.39. The van der Waals surface area contributed by atoms with E-state index in [-0.39, 0.29) is 29.5 Å². The van der Waals surface area contributed by atoms with Crippen LogP contribution in [0.3, 0.4) is 0 Å². The number of hydrogen-bond donors (Lipinski definition) is 1. The molecule has 0 aromatic carbocycles. The van der Waals surface area contributed by atoms with Gasteiger partial charge >= 0.3 is 6.18 Å². The second-order valence-electron chi connectivity index (χ2n) is 9.51. The molecule has 0 aliphatic carbocycles. The van der Waals surface area contributed by atoms with E-state index in [2.05, 4.69) is 22.2 Å². The molecule has 3 unspecified atom stereocenters. The van der Waals surface area contributed by atoms with Crippen molar-refractivity contribution < 1.29 is 22.0 Å². The Morgan fingerprint density at radius 2 is 1.85 bits per heavy atom. The molecule has 180 valence electrons. The van der Waals surface area contributed by atoms with Crippen molar-refractivity contribution in [1.29, 1.82) is 0 Å². The Kier molecular flexibility index (Phi) is 6.88.